The summed E-state index contributed by atoms with van der Waals surface area (Å²) in [5.41, 5.74) is -1.36. The minimum Gasteiger partial charge on any atom is -0.469 e. The summed E-state index contributed by atoms with van der Waals surface area (Å²) in [4.78, 5) is 24.5. The Hall–Kier alpha value is -2.12. The van der Waals surface area contributed by atoms with Gasteiger partial charge in [-0.3, -0.25) is 14.9 Å². The highest BCUT2D eigenvalue weighted by molar-refractivity contribution is 5.73. The van der Waals surface area contributed by atoms with Crippen molar-refractivity contribution in [1.82, 2.24) is 4.98 Å². The zero-order chi connectivity index (χ0) is 13.9. The molecule has 1 heterocycles. The molecule has 8 heteroatoms. The van der Waals surface area contributed by atoms with Gasteiger partial charge in [0.15, 0.2) is 0 Å². The maximum atomic E-state index is 12.7. The van der Waals surface area contributed by atoms with Crippen LogP contribution in [0.1, 0.15) is 23.4 Å². The Labute approximate surface area is 101 Å². The number of alkyl halides is 2. The number of nitro groups is 1. The first-order valence-corrected chi connectivity index (χ1v) is 4.86. The summed E-state index contributed by atoms with van der Waals surface area (Å²) in [6.45, 7) is 1.26. The molecule has 0 saturated carbocycles. The van der Waals surface area contributed by atoms with Gasteiger partial charge < -0.3 is 4.74 Å². The van der Waals surface area contributed by atoms with Gasteiger partial charge in [0.05, 0.1) is 18.5 Å². The highest BCUT2D eigenvalue weighted by Crippen LogP contribution is 2.27. The first-order valence-electron chi connectivity index (χ1n) is 4.86. The summed E-state index contributed by atoms with van der Waals surface area (Å²) in [5, 5.41) is 10.7. The summed E-state index contributed by atoms with van der Waals surface area (Å²) in [5.74, 6) is -0.767. The van der Waals surface area contributed by atoms with Gasteiger partial charge in [-0.25, -0.2) is 13.8 Å². The Bertz CT molecular complexity index is 491. The quantitative estimate of drug-likeness (QED) is 0.469. The van der Waals surface area contributed by atoms with Crippen molar-refractivity contribution < 1.29 is 23.2 Å². The van der Waals surface area contributed by atoms with Crippen molar-refractivity contribution in [1.29, 1.82) is 0 Å². The van der Waals surface area contributed by atoms with Gasteiger partial charge >= 0.3 is 5.97 Å². The van der Waals surface area contributed by atoms with Crippen molar-refractivity contribution in [2.45, 2.75) is 19.8 Å². The van der Waals surface area contributed by atoms with Crippen LogP contribution in [0.5, 0.6) is 0 Å². The third-order valence-electron chi connectivity index (χ3n) is 2.26. The molecule has 0 aromatic carbocycles. The van der Waals surface area contributed by atoms with Crippen LogP contribution in [-0.2, 0) is 16.0 Å². The van der Waals surface area contributed by atoms with Crippen molar-refractivity contribution in [3.8, 4) is 0 Å². The topological polar surface area (TPSA) is 82.3 Å². The van der Waals surface area contributed by atoms with E-state index in [2.05, 4.69) is 9.72 Å². The molecule has 0 radical (unpaired) electrons. The number of aryl methyl sites for hydroxylation is 1. The molecule has 0 N–H and O–H groups in total. The second-order valence-electron chi connectivity index (χ2n) is 3.45. The number of hydrogen-bond donors (Lipinski definition) is 0. The molecular formula is C10H10F2N2O4. The van der Waals surface area contributed by atoms with Gasteiger partial charge in [0.25, 0.3) is 12.1 Å². The number of nitrogens with zero attached hydrogens (tertiary/aromatic N) is 2. The van der Waals surface area contributed by atoms with Crippen molar-refractivity contribution in [3.05, 3.63) is 33.1 Å². The van der Waals surface area contributed by atoms with E-state index in [0.717, 1.165) is 13.2 Å². The lowest BCUT2D eigenvalue weighted by atomic mass is 10.1. The normalized spacial score (nSPS) is 10.5. The van der Waals surface area contributed by atoms with Gasteiger partial charge in [0, 0.05) is 6.07 Å². The number of ether oxygens (including phenoxy) is 1. The fraction of sp³-hybridized carbons (Fsp3) is 0.400. The Morgan fingerprint density at radius 3 is 2.67 bits per heavy atom. The van der Waals surface area contributed by atoms with Crippen LogP contribution >= 0.6 is 0 Å². The Morgan fingerprint density at radius 1 is 1.61 bits per heavy atom. The summed E-state index contributed by atoms with van der Waals surface area (Å²) in [6.07, 6.45) is -3.39. The maximum absolute atomic E-state index is 12.7. The minimum absolute atomic E-state index is 0.121. The highest BCUT2D eigenvalue weighted by atomic mass is 19.3. The van der Waals surface area contributed by atoms with E-state index < -0.39 is 35.1 Å². The number of carbonyl (C=O) groups excluding carboxylic acids is 1. The van der Waals surface area contributed by atoms with Crippen LogP contribution in [-0.4, -0.2) is 23.0 Å². The van der Waals surface area contributed by atoms with E-state index in [1.165, 1.54) is 6.92 Å². The summed E-state index contributed by atoms with van der Waals surface area (Å²) in [7, 11) is 1.10. The van der Waals surface area contributed by atoms with E-state index in [1.54, 1.807) is 0 Å². The molecular weight excluding hydrogens is 250 g/mol. The maximum Gasteiger partial charge on any atom is 0.310 e. The number of carbonyl (C=O) groups is 1. The molecule has 0 fully saturated rings. The smallest absolute Gasteiger partial charge is 0.310 e. The molecule has 1 rings (SSSR count). The van der Waals surface area contributed by atoms with E-state index in [1.807, 2.05) is 0 Å². The van der Waals surface area contributed by atoms with Crippen LogP contribution < -0.4 is 0 Å². The SMILES string of the molecule is COC(=O)Cc1cc([N+](=O)[O-])c(C)nc1C(F)F. The van der Waals surface area contributed by atoms with Crippen LogP contribution in [0.2, 0.25) is 0 Å². The van der Waals surface area contributed by atoms with E-state index in [9.17, 15) is 23.7 Å². The fourth-order valence-corrected chi connectivity index (χ4v) is 1.40. The summed E-state index contributed by atoms with van der Waals surface area (Å²) >= 11 is 0. The molecule has 0 bridgehead atoms. The van der Waals surface area contributed by atoms with Crippen molar-refractivity contribution >= 4 is 11.7 Å². The number of rotatable bonds is 4. The predicted molar refractivity (Wildman–Crippen MR) is 56.3 cm³/mol. The minimum atomic E-state index is -2.91. The molecule has 0 aliphatic rings. The largest absolute Gasteiger partial charge is 0.469 e. The molecule has 0 unspecified atom stereocenters. The van der Waals surface area contributed by atoms with Crippen LogP contribution in [0.15, 0.2) is 6.07 Å². The zero-order valence-electron chi connectivity index (χ0n) is 9.65. The van der Waals surface area contributed by atoms with E-state index in [-0.39, 0.29) is 11.3 Å². The molecule has 0 atom stereocenters. The van der Waals surface area contributed by atoms with Gasteiger partial charge in [0.2, 0.25) is 0 Å². The van der Waals surface area contributed by atoms with E-state index in [4.69, 9.17) is 0 Å². The highest BCUT2D eigenvalue weighted by Gasteiger charge is 2.23. The molecule has 0 aliphatic carbocycles. The number of pyridine rings is 1. The first-order chi connectivity index (χ1) is 8.36. The van der Waals surface area contributed by atoms with Gasteiger partial charge in [-0.05, 0) is 12.5 Å². The number of aromatic nitrogens is 1. The predicted octanol–water partition coefficient (Wildman–Crippen LogP) is 1.95. The molecule has 18 heavy (non-hydrogen) atoms. The van der Waals surface area contributed by atoms with Crippen molar-refractivity contribution in [3.63, 3.8) is 0 Å². The van der Waals surface area contributed by atoms with Gasteiger partial charge in [-0.2, -0.15) is 0 Å². The Morgan fingerprint density at radius 2 is 2.22 bits per heavy atom. The zero-order valence-corrected chi connectivity index (χ0v) is 9.65. The molecule has 1 aromatic rings. The van der Waals surface area contributed by atoms with Gasteiger partial charge in [-0.1, -0.05) is 0 Å². The fourth-order valence-electron chi connectivity index (χ4n) is 1.40. The van der Waals surface area contributed by atoms with Crippen LogP contribution in [0.3, 0.4) is 0 Å². The van der Waals surface area contributed by atoms with Gasteiger partial charge in [0.1, 0.15) is 11.4 Å². The first kappa shape index (κ1) is 13.9. The van der Waals surface area contributed by atoms with E-state index in [0.29, 0.717) is 0 Å². The molecule has 6 nitrogen and oxygen atoms in total. The molecule has 0 saturated heterocycles. The number of esters is 1. The number of hydrogen-bond acceptors (Lipinski definition) is 5. The van der Waals surface area contributed by atoms with Crippen LogP contribution in [0.4, 0.5) is 14.5 Å². The van der Waals surface area contributed by atoms with Gasteiger partial charge in [-0.15, -0.1) is 0 Å². The lowest BCUT2D eigenvalue weighted by Gasteiger charge is -2.08. The molecule has 98 valence electrons. The average Bonchev–Trinajstić information content (AvgIpc) is 2.29. The Kier molecular flexibility index (Phi) is 4.24. The third-order valence-corrected chi connectivity index (χ3v) is 2.26. The average molecular weight is 260 g/mol. The van der Waals surface area contributed by atoms with Crippen LogP contribution in [0.25, 0.3) is 0 Å². The van der Waals surface area contributed by atoms with Crippen molar-refractivity contribution in [2.24, 2.45) is 0 Å². The standard InChI is InChI=1S/C10H10F2N2O4/c1-5-7(14(16)17)3-6(4-8(15)18-2)9(13-5)10(11)12/h3,10H,4H2,1-2H3. The monoisotopic (exact) mass is 260 g/mol. The van der Waals surface area contributed by atoms with Crippen molar-refractivity contribution in [2.75, 3.05) is 7.11 Å². The Balaban J connectivity index is 3.30. The summed E-state index contributed by atoms with van der Waals surface area (Å²) < 4.78 is 29.8. The molecule has 0 spiro atoms. The van der Waals surface area contributed by atoms with Crippen LogP contribution in [0, 0.1) is 17.0 Å². The number of methoxy groups -OCH3 is 1. The second kappa shape index (κ2) is 5.48. The number of halogens is 2. The second-order valence-corrected chi connectivity index (χ2v) is 3.45. The molecule has 0 aliphatic heterocycles. The van der Waals surface area contributed by atoms with E-state index >= 15 is 0 Å². The molecule has 0 amide bonds. The lowest BCUT2D eigenvalue weighted by molar-refractivity contribution is -0.385. The lowest BCUT2D eigenvalue weighted by Crippen LogP contribution is -2.10. The molecule has 1 aromatic heterocycles. The third kappa shape index (κ3) is 2.96. The summed E-state index contributed by atoms with van der Waals surface area (Å²) in [6, 6.07) is 0.931.